The van der Waals surface area contributed by atoms with Crippen molar-refractivity contribution in [2.75, 3.05) is 44.8 Å². The summed E-state index contributed by atoms with van der Waals surface area (Å²) in [6.45, 7) is 2.66. The van der Waals surface area contributed by atoms with E-state index in [1.807, 2.05) is 0 Å². The maximum atomic E-state index is 13.0. The highest BCUT2D eigenvalue weighted by Gasteiger charge is 2.32. The minimum absolute atomic E-state index is 0.0402. The van der Waals surface area contributed by atoms with Crippen LogP contribution in [0.25, 0.3) is 0 Å². The van der Waals surface area contributed by atoms with E-state index in [2.05, 4.69) is 5.32 Å². The van der Waals surface area contributed by atoms with E-state index in [-0.39, 0.29) is 18.4 Å². The number of carbonyl (C=O) groups excluding carboxylic acids is 2. The summed E-state index contributed by atoms with van der Waals surface area (Å²) in [6, 6.07) is 2.20. The number of nitrogens with one attached hydrogen (secondary N) is 1. The van der Waals surface area contributed by atoms with E-state index in [9.17, 15) is 22.8 Å². The van der Waals surface area contributed by atoms with Crippen molar-refractivity contribution in [1.82, 2.24) is 10.2 Å². The number of anilines is 1. The first-order chi connectivity index (χ1) is 12.6. The Bertz CT molecular complexity index is 692. The van der Waals surface area contributed by atoms with Crippen LogP contribution in [0.2, 0.25) is 0 Å². The molecule has 2 amide bonds. The third-order valence-corrected chi connectivity index (χ3v) is 4.06. The first-order valence-corrected chi connectivity index (χ1v) is 8.11. The maximum absolute atomic E-state index is 13.0. The first-order valence-electron chi connectivity index (χ1n) is 8.61. The van der Waals surface area contributed by atoms with Gasteiger partial charge in [-0.3, -0.25) is 9.59 Å². The van der Waals surface area contributed by atoms with E-state index >= 15 is 0 Å². The van der Waals surface area contributed by atoms with Gasteiger partial charge in [0, 0.05) is 45.9 Å². The summed E-state index contributed by atoms with van der Waals surface area (Å²) in [7, 11) is 1.42. The fourth-order valence-corrected chi connectivity index (χ4v) is 2.81. The lowest BCUT2D eigenvalue weighted by molar-refractivity contribution is -0.137. The SMILES string of the molecule is [2H]c1ccc(N2CCN(C(=O)[C@@H](COC)NC(C)=O)CC2)cc1C(F)(F)F. The largest absolute Gasteiger partial charge is 0.416 e. The number of rotatable bonds is 5. The minimum Gasteiger partial charge on any atom is -0.382 e. The molecule has 9 heteroatoms. The van der Waals surface area contributed by atoms with Crippen molar-refractivity contribution in [2.45, 2.75) is 19.1 Å². The van der Waals surface area contributed by atoms with Gasteiger partial charge in [-0.15, -0.1) is 0 Å². The number of amides is 2. The monoisotopic (exact) mass is 374 g/mol. The summed E-state index contributed by atoms with van der Waals surface area (Å²) in [5.74, 6) is -0.636. The summed E-state index contributed by atoms with van der Waals surface area (Å²) in [4.78, 5) is 27.1. The van der Waals surface area contributed by atoms with Gasteiger partial charge in [0.1, 0.15) is 6.04 Å². The highest BCUT2D eigenvalue weighted by molar-refractivity contribution is 5.87. The number of hydrogen-bond donors (Lipinski definition) is 1. The van der Waals surface area contributed by atoms with Gasteiger partial charge in [-0.25, -0.2) is 0 Å². The number of piperazine rings is 1. The molecule has 0 unspecified atom stereocenters. The van der Waals surface area contributed by atoms with Gasteiger partial charge < -0.3 is 19.9 Å². The zero-order valence-electron chi connectivity index (χ0n) is 15.6. The molecule has 1 N–H and O–H groups in total. The molecular weight excluding hydrogens is 351 g/mol. The third kappa shape index (κ3) is 5.10. The number of hydrogen-bond acceptors (Lipinski definition) is 4. The normalized spacial score (nSPS) is 16.9. The first kappa shape index (κ1) is 18.5. The predicted molar refractivity (Wildman–Crippen MR) is 89.7 cm³/mol. The Morgan fingerprint density at radius 2 is 2.00 bits per heavy atom. The maximum Gasteiger partial charge on any atom is 0.416 e. The van der Waals surface area contributed by atoms with Crippen LogP contribution >= 0.6 is 0 Å². The van der Waals surface area contributed by atoms with Crippen molar-refractivity contribution in [3.63, 3.8) is 0 Å². The zero-order chi connectivity index (χ0) is 20.2. The van der Waals surface area contributed by atoms with Crippen LogP contribution in [0.15, 0.2) is 24.2 Å². The lowest BCUT2D eigenvalue weighted by Gasteiger charge is -2.37. The Hall–Kier alpha value is -2.29. The Kier molecular flexibility index (Phi) is 5.97. The summed E-state index contributed by atoms with van der Waals surface area (Å²) in [5, 5.41) is 2.54. The number of nitrogens with zero attached hydrogens (tertiary/aromatic N) is 2. The average Bonchev–Trinajstić information content (AvgIpc) is 2.60. The van der Waals surface area contributed by atoms with Gasteiger partial charge in [-0.1, -0.05) is 6.07 Å². The number of alkyl halides is 3. The van der Waals surface area contributed by atoms with Crippen LogP contribution in [0.1, 0.15) is 13.9 Å². The van der Waals surface area contributed by atoms with E-state index in [1.165, 1.54) is 20.1 Å². The van der Waals surface area contributed by atoms with Gasteiger partial charge in [0.2, 0.25) is 11.8 Å². The highest BCUT2D eigenvalue weighted by Crippen LogP contribution is 2.31. The van der Waals surface area contributed by atoms with Gasteiger partial charge in [0.05, 0.1) is 13.5 Å². The molecule has 1 aliphatic rings. The summed E-state index contributed by atoms with van der Waals surface area (Å²) in [6.07, 6.45) is -4.59. The van der Waals surface area contributed by atoms with E-state index in [1.54, 1.807) is 9.80 Å². The number of benzene rings is 1. The molecule has 0 aliphatic carbocycles. The van der Waals surface area contributed by atoms with Crippen LogP contribution in [-0.2, 0) is 20.5 Å². The second-order valence-corrected chi connectivity index (χ2v) is 5.98. The van der Waals surface area contributed by atoms with Gasteiger partial charge in [-0.05, 0) is 18.2 Å². The molecular formula is C17H22F3N3O3. The minimum atomic E-state index is -4.59. The van der Waals surface area contributed by atoms with Crippen molar-refractivity contribution >= 4 is 17.5 Å². The molecule has 26 heavy (non-hydrogen) atoms. The summed E-state index contributed by atoms with van der Waals surface area (Å²) >= 11 is 0. The van der Waals surface area contributed by atoms with Crippen LogP contribution in [0.4, 0.5) is 18.9 Å². The zero-order valence-corrected chi connectivity index (χ0v) is 14.6. The van der Waals surface area contributed by atoms with E-state index in [0.717, 1.165) is 12.1 Å². The van der Waals surface area contributed by atoms with Crippen molar-refractivity contribution in [3.05, 3.63) is 29.8 Å². The van der Waals surface area contributed by atoms with Crippen LogP contribution in [0.3, 0.4) is 0 Å². The van der Waals surface area contributed by atoms with Crippen LogP contribution in [0.5, 0.6) is 0 Å². The molecule has 1 aromatic carbocycles. The molecule has 1 heterocycles. The smallest absolute Gasteiger partial charge is 0.382 e. The highest BCUT2D eigenvalue weighted by atomic mass is 19.4. The molecule has 0 spiro atoms. The van der Waals surface area contributed by atoms with Gasteiger partial charge in [0.15, 0.2) is 0 Å². The fraction of sp³-hybridized carbons (Fsp3) is 0.529. The topological polar surface area (TPSA) is 61.9 Å². The Balaban J connectivity index is 2.04. The quantitative estimate of drug-likeness (QED) is 0.849. The van der Waals surface area contributed by atoms with Gasteiger partial charge >= 0.3 is 6.18 Å². The van der Waals surface area contributed by atoms with E-state index in [0.29, 0.717) is 31.9 Å². The molecule has 1 aliphatic heterocycles. The Labute approximate surface area is 151 Å². The van der Waals surface area contributed by atoms with Gasteiger partial charge in [0.25, 0.3) is 0 Å². The molecule has 144 valence electrons. The second kappa shape index (κ2) is 8.39. The summed E-state index contributed by atoms with van der Waals surface area (Å²) < 4.78 is 51.4. The molecule has 6 nitrogen and oxygen atoms in total. The van der Waals surface area contributed by atoms with Crippen molar-refractivity contribution in [3.8, 4) is 0 Å². The third-order valence-electron chi connectivity index (χ3n) is 4.06. The molecule has 0 bridgehead atoms. The van der Waals surface area contributed by atoms with E-state index in [4.69, 9.17) is 6.11 Å². The number of methoxy groups -OCH3 is 1. The predicted octanol–water partition coefficient (Wildman–Crippen LogP) is 1.51. The molecule has 1 atom stereocenters. The number of ether oxygens (including phenoxy) is 1. The van der Waals surface area contributed by atoms with E-state index < -0.39 is 23.8 Å². The van der Waals surface area contributed by atoms with Crippen LogP contribution in [-0.4, -0.2) is 62.7 Å². The lowest BCUT2D eigenvalue weighted by atomic mass is 10.1. The Morgan fingerprint density at radius 3 is 2.54 bits per heavy atom. The van der Waals surface area contributed by atoms with Gasteiger partial charge in [-0.2, -0.15) is 13.2 Å². The molecule has 0 radical (unpaired) electrons. The number of halogens is 3. The van der Waals surface area contributed by atoms with Crippen LogP contribution < -0.4 is 10.2 Å². The molecule has 0 aromatic heterocycles. The molecule has 1 aromatic rings. The second-order valence-electron chi connectivity index (χ2n) is 5.98. The average molecular weight is 374 g/mol. The molecule has 1 saturated heterocycles. The van der Waals surface area contributed by atoms with Crippen molar-refractivity contribution in [1.29, 1.82) is 0 Å². The Morgan fingerprint density at radius 1 is 1.35 bits per heavy atom. The standard InChI is InChI=1S/C17H22F3N3O3/c1-12(24)21-15(11-26-2)16(25)23-8-6-22(7-9-23)14-5-3-4-13(10-14)17(18,19)20/h3-5,10,15H,6-9,11H2,1-2H3,(H,21,24)/t15-/m1/s1/i4D. The molecule has 0 saturated carbocycles. The number of carbonyl (C=O) groups is 2. The van der Waals surface area contributed by atoms with Crippen LogP contribution in [0, 0.1) is 0 Å². The lowest BCUT2D eigenvalue weighted by Crippen LogP contribution is -2.56. The van der Waals surface area contributed by atoms with Crippen molar-refractivity contribution in [2.24, 2.45) is 0 Å². The fourth-order valence-electron chi connectivity index (χ4n) is 2.81. The summed E-state index contributed by atoms with van der Waals surface area (Å²) in [5.41, 5.74) is -0.620. The van der Waals surface area contributed by atoms with Crippen molar-refractivity contribution < 1.29 is 28.9 Å². The molecule has 2 rings (SSSR count). The molecule has 1 fully saturated rings.